The van der Waals surface area contributed by atoms with E-state index < -0.39 is 10.0 Å². The summed E-state index contributed by atoms with van der Waals surface area (Å²) in [6.45, 7) is 0.168. The maximum absolute atomic E-state index is 12.7. The zero-order valence-corrected chi connectivity index (χ0v) is 16.1. The Balaban J connectivity index is 1.53. The molecule has 0 spiro atoms. The number of nitrogens with one attached hydrogen (secondary N) is 1. The minimum absolute atomic E-state index is 0.0584. The molecule has 1 aliphatic heterocycles. The number of nitrogens with zero attached hydrogens (tertiary/aromatic N) is 3. The van der Waals surface area contributed by atoms with Gasteiger partial charge in [0.1, 0.15) is 15.9 Å². The SMILES string of the molecule is O=C1CSC(=O)N1Cc1ccc(NS(=O)(=O)c2cccc3nsnc23)cc1. The summed E-state index contributed by atoms with van der Waals surface area (Å²) in [6, 6.07) is 11.3. The van der Waals surface area contributed by atoms with Gasteiger partial charge in [-0.1, -0.05) is 30.0 Å². The molecule has 0 atom stereocenters. The maximum atomic E-state index is 12.7. The number of hydrogen-bond acceptors (Lipinski definition) is 8. The number of amides is 2. The molecule has 2 amide bonds. The van der Waals surface area contributed by atoms with Gasteiger partial charge in [-0.15, -0.1) is 0 Å². The maximum Gasteiger partial charge on any atom is 0.289 e. The molecule has 0 unspecified atom stereocenters. The first-order valence-electron chi connectivity index (χ1n) is 7.74. The lowest BCUT2D eigenvalue weighted by atomic mass is 10.2. The van der Waals surface area contributed by atoms with Crippen LogP contribution in [0.25, 0.3) is 11.0 Å². The number of imide groups is 1. The van der Waals surface area contributed by atoms with E-state index in [0.717, 1.165) is 29.1 Å². The van der Waals surface area contributed by atoms with Crippen LogP contribution >= 0.6 is 23.5 Å². The molecule has 8 nitrogen and oxygen atoms in total. The van der Waals surface area contributed by atoms with Gasteiger partial charge < -0.3 is 0 Å². The molecule has 0 radical (unpaired) electrons. The summed E-state index contributed by atoms with van der Waals surface area (Å²) in [6.07, 6.45) is 0. The third-order valence-corrected chi connectivity index (χ3v) is 6.74. The van der Waals surface area contributed by atoms with Gasteiger partial charge in [0.2, 0.25) is 5.91 Å². The van der Waals surface area contributed by atoms with E-state index in [2.05, 4.69) is 13.5 Å². The zero-order chi connectivity index (χ0) is 19.0. The number of thioether (sulfide) groups is 1. The molecule has 1 N–H and O–H groups in total. The van der Waals surface area contributed by atoms with Crippen LogP contribution in [0.1, 0.15) is 5.56 Å². The first kappa shape index (κ1) is 17.9. The lowest BCUT2D eigenvalue weighted by Crippen LogP contribution is -2.27. The van der Waals surface area contributed by atoms with Gasteiger partial charge in [0.25, 0.3) is 15.3 Å². The van der Waals surface area contributed by atoms with Crippen LogP contribution in [0.3, 0.4) is 0 Å². The van der Waals surface area contributed by atoms with Gasteiger partial charge in [-0.3, -0.25) is 19.2 Å². The standard InChI is InChI=1S/C16H12N4O4S3/c21-14-9-25-16(22)20(14)8-10-4-6-11(7-5-10)19-27(23,24)13-3-1-2-12-15(13)18-26-17-12/h1-7,19H,8-9H2. The summed E-state index contributed by atoms with van der Waals surface area (Å²) in [4.78, 5) is 24.6. The molecule has 4 rings (SSSR count). The van der Waals surface area contributed by atoms with Gasteiger partial charge in [-0.05, 0) is 29.8 Å². The van der Waals surface area contributed by atoms with Gasteiger partial charge >= 0.3 is 0 Å². The highest BCUT2D eigenvalue weighted by Crippen LogP contribution is 2.25. The second kappa shape index (κ2) is 6.91. The molecule has 138 valence electrons. The number of aromatic nitrogens is 2. The molecule has 11 heteroatoms. The smallest absolute Gasteiger partial charge is 0.280 e. The summed E-state index contributed by atoms with van der Waals surface area (Å²) in [7, 11) is -3.83. The molecule has 27 heavy (non-hydrogen) atoms. The number of carbonyl (C=O) groups excluding carboxylic acids is 2. The fraction of sp³-hybridized carbons (Fsp3) is 0.125. The molecule has 0 bridgehead atoms. The Kier molecular flexibility index (Phi) is 4.58. The number of hydrogen-bond donors (Lipinski definition) is 1. The summed E-state index contributed by atoms with van der Waals surface area (Å²) in [5.74, 6) is -0.0620. The average molecular weight is 420 g/mol. The Labute approximate surface area is 163 Å². The predicted octanol–water partition coefficient (Wildman–Crippen LogP) is 2.69. The van der Waals surface area contributed by atoms with Crippen LogP contribution in [0.5, 0.6) is 0 Å². The predicted molar refractivity (Wildman–Crippen MR) is 103 cm³/mol. The second-order valence-corrected chi connectivity index (χ2v) is 8.83. The van der Waals surface area contributed by atoms with Crippen molar-refractivity contribution < 1.29 is 18.0 Å². The van der Waals surface area contributed by atoms with Crippen LogP contribution < -0.4 is 4.72 Å². The molecular weight excluding hydrogens is 408 g/mol. The Morgan fingerprint density at radius 1 is 1.07 bits per heavy atom. The highest BCUT2D eigenvalue weighted by Gasteiger charge is 2.29. The van der Waals surface area contributed by atoms with E-state index in [9.17, 15) is 18.0 Å². The highest BCUT2D eigenvalue weighted by molar-refractivity contribution is 8.14. The second-order valence-electron chi connectivity index (χ2n) is 5.72. The molecule has 3 aromatic rings. The van der Waals surface area contributed by atoms with Gasteiger partial charge in [0.15, 0.2) is 0 Å². The van der Waals surface area contributed by atoms with E-state index in [1.165, 1.54) is 11.0 Å². The molecule has 2 aromatic carbocycles. The number of fused-ring (bicyclic) bond motifs is 1. The Bertz CT molecular complexity index is 1130. The monoisotopic (exact) mass is 420 g/mol. The summed E-state index contributed by atoms with van der Waals surface area (Å²) in [5, 5.41) is -0.269. The number of benzene rings is 2. The molecule has 1 aliphatic rings. The number of carbonyl (C=O) groups is 2. The first-order chi connectivity index (χ1) is 12.9. The number of sulfonamides is 1. The lowest BCUT2D eigenvalue weighted by molar-refractivity contribution is -0.125. The Morgan fingerprint density at radius 2 is 1.85 bits per heavy atom. The molecule has 1 fully saturated rings. The van der Waals surface area contributed by atoms with Gasteiger partial charge in [-0.2, -0.15) is 8.75 Å². The third kappa shape index (κ3) is 3.53. The highest BCUT2D eigenvalue weighted by atomic mass is 32.2. The van der Waals surface area contributed by atoms with E-state index in [4.69, 9.17) is 0 Å². The Hall–Kier alpha value is -2.50. The van der Waals surface area contributed by atoms with Gasteiger partial charge in [0.05, 0.1) is 24.0 Å². The van der Waals surface area contributed by atoms with Crippen LogP contribution in [-0.4, -0.2) is 39.0 Å². The number of rotatable bonds is 5. The zero-order valence-electron chi connectivity index (χ0n) is 13.7. The van der Waals surface area contributed by atoms with Crippen LogP contribution in [0.15, 0.2) is 47.4 Å². The van der Waals surface area contributed by atoms with Crippen molar-refractivity contribution in [1.82, 2.24) is 13.6 Å². The lowest BCUT2D eigenvalue weighted by Gasteiger charge is -2.13. The van der Waals surface area contributed by atoms with Crippen molar-refractivity contribution in [3.8, 4) is 0 Å². The van der Waals surface area contributed by atoms with Crippen LogP contribution in [0.2, 0.25) is 0 Å². The molecule has 2 heterocycles. The van der Waals surface area contributed by atoms with Crippen molar-refractivity contribution in [3.63, 3.8) is 0 Å². The summed E-state index contributed by atoms with van der Waals surface area (Å²) in [5.41, 5.74) is 1.95. The first-order valence-corrected chi connectivity index (χ1v) is 10.9. The van der Waals surface area contributed by atoms with E-state index in [1.807, 2.05) is 0 Å². The van der Waals surface area contributed by atoms with E-state index in [-0.39, 0.29) is 28.3 Å². The van der Waals surface area contributed by atoms with Crippen LogP contribution in [-0.2, 0) is 21.4 Å². The van der Waals surface area contributed by atoms with Crippen LogP contribution in [0.4, 0.5) is 10.5 Å². The van der Waals surface area contributed by atoms with Crippen molar-refractivity contribution in [1.29, 1.82) is 0 Å². The van der Waals surface area contributed by atoms with Crippen molar-refractivity contribution in [2.24, 2.45) is 0 Å². The largest absolute Gasteiger partial charge is 0.289 e. The van der Waals surface area contributed by atoms with Crippen LogP contribution in [0, 0.1) is 0 Å². The van der Waals surface area contributed by atoms with E-state index in [0.29, 0.717) is 16.7 Å². The van der Waals surface area contributed by atoms with Crippen molar-refractivity contribution in [2.75, 3.05) is 10.5 Å². The van der Waals surface area contributed by atoms with Gasteiger partial charge in [0, 0.05) is 5.69 Å². The molecule has 1 saturated heterocycles. The molecule has 0 saturated carbocycles. The van der Waals surface area contributed by atoms with E-state index in [1.54, 1.807) is 36.4 Å². The molecular formula is C16H12N4O4S3. The molecule has 0 aliphatic carbocycles. The van der Waals surface area contributed by atoms with E-state index >= 15 is 0 Å². The fourth-order valence-electron chi connectivity index (χ4n) is 2.60. The molecule has 1 aromatic heterocycles. The normalized spacial score (nSPS) is 14.9. The van der Waals surface area contributed by atoms with Gasteiger partial charge in [-0.25, -0.2) is 8.42 Å². The summed E-state index contributed by atoms with van der Waals surface area (Å²) >= 11 is 1.93. The van der Waals surface area contributed by atoms with Crippen molar-refractivity contribution in [2.45, 2.75) is 11.4 Å². The van der Waals surface area contributed by atoms with Crippen molar-refractivity contribution in [3.05, 3.63) is 48.0 Å². The topological polar surface area (TPSA) is 109 Å². The average Bonchev–Trinajstić information content (AvgIpc) is 3.24. The quantitative estimate of drug-likeness (QED) is 0.676. The minimum Gasteiger partial charge on any atom is -0.280 e. The third-order valence-electron chi connectivity index (χ3n) is 3.93. The summed E-state index contributed by atoms with van der Waals surface area (Å²) < 4.78 is 36.0. The van der Waals surface area contributed by atoms with Crippen molar-refractivity contribution >= 4 is 61.4 Å². The fourth-order valence-corrected chi connectivity index (χ4v) is 5.15. The number of anilines is 1. The Morgan fingerprint density at radius 3 is 2.56 bits per heavy atom. The minimum atomic E-state index is -3.83.